The molecule has 0 saturated carbocycles. The Bertz CT molecular complexity index is 706. The highest BCUT2D eigenvalue weighted by atomic mass is 16.6. The summed E-state index contributed by atoms with van der Waals surface area (Å²) in [5, 5.41) is 0. The summed E-state index contributed by atoms with van der Waals surface area (Å²) in [6.07, 6.45) is 28.3. The van der Waals surface area contributed by atoms with Crippen molar-refractivity contribution in [3.05, 3.63) is 0 Å². The molecule has 0 rings (SSSR count). The second-order valence-electron chi connectivity index (χ2n) is 14.3. The highest BCUT2D eigenvalue weighted by Crippen LogP contribution is 2.16. The Morgan fingerprint density at radius 2 is 0.826 bits per heavy atom. The number of unbranched alkanes of at least 4 members (excludes halogenated alkanes) is 18. The van der Waals surface area contributed by atoms with Crippen LogP contribution in [0, 0.1) is 11.8 Å². The molecule has 46 heavy (non-hydrogen) atoms. The summed E-state index contributed by atoms with van der Waals surface area (Å²) in [7, 11) is 0. The van der Waals surface area contributed by atoms with Gasteiger partial charge in [-0.2, -0.15) is 0 Å². The summed E-state index contributed by atoms with van der Waals surface area (Å²) in [4.78, 5) is 37.2. The van der Waals surface area contributed by atoms with Crippen molar-refractivity contribution in [2.24, 2.45) is 11.8 Å². The summed E-state index contributed by atoms with van der Waals surface area (Å²) in [5.41, 5.74) is 0. The van der Waals surface area contributed by atoms with Gasteiger partial charge < -0.3 is 14.2 Å². The van der Waals surface area contributed by atoms with E-state index in [9.17, 15) is 14.4 Å². The monoisotopic (exact) mass is 653 g/mol. The van der Waals surface area contributed by atoms with E-state index in [-0.39, 0.29) is 31.1 Å². The number of ether oxygens (including phenoxy) is 3. The van der Waals surface area contributed by atoms with Gasteiger partial charge in [-0.1, -0.05) is 169 Å². The first-order valence-electron chi connectivity index (χ1n) is 19.8. The quantitative estimate of drug-likeness (QED) is 0.0391. The summed E-state index contributed by atoms with van der Waals surface area (Å²) in [5.74, 6) is 0.748. The Morgan fingerprint density at radius 3 is 1.24 bits per heavy atom. The molecule has 0 heterocycles. The second-order valence-corrected chi connectivity index (χ2v) is 14.3. The zero-order valence-corrected chi connectivity index (χ0v) is 31.2. The van der Waals surface area contributed by atoms with Crippen molar-refractivity contribution in [1.29, 1.82) is 0 Å². The molecule has 0 aromatic heterocycles. The van der Waals surface area contributed by atoms with E-state index in [0.29, 0.717) is 19.3 Å². The average molecular weight is 653 g/mol. The minimum Gasteiger partial charge on any atom is -0.462 e. The lowest BCUT2D eigenvalue weighted by molar-refractivity contribution is -0.167. The number of hydrogen-bond acceptors (Lipinski definition) is 6. The van der Waals surface area contributed by atoms with Crippen molar-refractivity contribution in [1.82, 2.24) is 0 Å². The number of rotatable bonds is 34. The molecule has 0 saturated heterocycles. The molecular weight excluding hydrogens is 576 g/mol. The Hall–Kier alpha value is -1.59. The van der Waals surface area contributed by atoms with Crippen LogP contribution in [0.25, 0.3) is 0 Å². The van der Waals surface area contributed by atoms with E-state index in [1.165, 1.54) is 89.9 Å². The molecule has 0 spiro atoms. The van der Waals surface area contributed by atoms with E-state index in [4.69, 9.17) is 14.2 Å². The van der Waals surface area contributed by atoms with Crippen LogP contribution in [0.1, 0.15) is 208 Å². The van der Waals surface area contributed by atoms with Gasteiger partial charge in [-0.15, -0.1) is 0 Å². The normalized spacial score (nSPS) is 12.7. The maximum atomic E-state index is 12.6. The fourth-order valence-electron chi connectivity index (χ4n) is 5.66. The largest absolute Gasteiger partial charge is 0.462 e. The molecule has 0 aliphatic rings. The molecule has 272 valence electrons. The van der Waals surface area contributed by atoms with E-state index in [2.05, 4.69) is 34.6 Å². The van der Waals surface area contributed by atoms with E-state index in [1.807, 2.05) is 0 Å². The zero-order chi connectivity index (χ0) is 34.1. The van der Waals surface area contributed by atoms with Crippen LogP contribution in [0.3, 0.4) is 0 Å². The van der Waals surface area contributed by atoms with Gasteiger partial charge in [0.1, 0.15) is 13.2 Å². The third-order valence-electron chi connectivity index (χ3n) is 9.08. The minimum absolute atomic E-state index is 0.0680. The van der Waals surface area contributed by atoms with Crippen molar-refractivity contribution < 1.29 is 28.6 Å². The molecule has 0 aromatic rings. The van der Waals surface area contributed by atoms with Crippen molar-refractivity contribution in [3.63, 3.8) is 0 Å². The molecule has 0 aromatic carbocycles. The van der Waals surface area contributed by atoms with Crippen molar-refractivity contribution in [3.8, 4) is 0 Å². The summed E-state index contributed by atoms with van der Waals surface area (Å²) in [6, 6.07) is 0. The Labute approximate surface area is 285 Å². The van der Waals surface area contributed by atoms with Crippen LogP contribution in [0.5, 0.6) is 0 Å². The lowest BCUT2D eigenvalue weighted by Crippen LogP contribution is -2.30. The van der Waals surface area contributed by atoms with E-state index >= 15 is 0 Å². The number of esters is 3. The first-order chi connectivity index (χ1) is 22.3. The summed E-state index contributed by atoms with van der Waals surface area (Å²) in [6.45, 7) is 11.2. The lowest BCUT2D eigenvalue weighted by atomic mass is 10.00. The molecule has 1 unspecified atom stereocenters. The van der Waals surface area contributed by atoms with Gasteiger partial charge in [-0.3, -0.25) is 14.4 Å². The lowest BCUT2D eigenvalue weighted by Gasteiger charge is -2.18. The third-order valence-corrected chi connectivity index (χ3v) is 9.08. The standard InChI is InChI=1S/C40H76O6/c1-6-8-9-18-25-30-38(41)44-33-37(34-45-39(42)31-26-21-17-16-20-24-29-36(5)7-2)46-40(43)32-27-22-15-13-11-10-12-14-19-23-28-35(3)4/h35-37H,6-34H2,1-5H3/t36?,37-/m1/s1. The summed E-state index contributed by atoms with van der Waals surface area (Å²) >= 11 is 0. The fraction of sp³-hybridized carbons (Fsp3) is 0.925. The van der Waals surface area contributed by atoms with Crippen LogP contribution in [0.4, 0.5) is 0 Å². The second kappa shape index (κ2) is 33.3. The van der Waals surface area contributed by atoms with E-state index in [1.54, 1.807) is 0 Å². The van der Waals surface area contributed by atoms with Crippen LogP contribution in [-0.2, 0) is 28.6 Å². The molecule has 0 aliphatic carbocycles. The molecule has 0 bridgehead atoms. The molecule has 0 aliphatic heterocycles. The first-order valence-corrected chi connectivity index (χ1v) is 19.8. The molecule has 6 heteroatoms. The molecule has 0 amide bonds. The van der Waals surface area contributed by atoms with Gasteiger partial charge in [0.05, 0.1) is 0 Å². The fourth-order valence-corrected chi connectivity index (χ4v) is 5.66. The highest BCUT2D eigenvalue weighted by molar-refractivity contribution is 5.71. The molecule has 0 radical (unpaired) electrons. The van der Waals surface area contributed by atoms with Gasteiger partial charge in [0, 0.05) is 19.3 Å². The Kier molecular flexibility index (Phi) is 32.2. The van der Waals surface area contributed by atoms with Crippen LogP contribution in [0.2, 0.25) is 0 Å². The molecular formula is C40H76O6. The van der Waals surface area contributed by atoms with Crippen LogP contribution in [0.15, 0.2) is 0 Å². The summed E-state index contributed by atoms with van der Waals surface area (Å²) < 4.78 is 16.5. The smallest absolute Gasteiger partial charge is 0.306 e. The zero-order valence-electron chi connectivity index (χ0n) is 31.2. The maximum Gasteiger partial charge on any atom is 0.306 e. The molecule has 2 atom stereocenters. The van der Waals surface area contributed by atoms with Gasteiger partial charge in [0.25, 0.3) is 0 Å². The molecule has 6 nitrogen and oxygen atoms in total. The Morgan fingerprint density at radius 1 is 0.457 bits per heavy atom. The van der Waals surface area contributed by atoms with Gasteiger partial charge in [0.15, 0.2) is 6.10 Å². The van der Waals surface area contributed by atoms with Crippen molar-refractivity contribution in [2.75, 3.05) is 13.2 Å². The van der Waals surface area contributed by atoms with Crippen LogP contribution >= 0.6 is 0 Å². The van der Waals surface area contributed by atoms with Crippen molar-refractivity contribution in [2.45, 2.75) is 214 Å². The number of carbonyl (C=O) groups is 3. The maximum absolute atomic E-state index is 12.6. The highest BCUT2D eigenvalue weighted by Gasteiger charge is 2.19. The number of hydrogen-bond donors (Lipinski definition) is 0. The average Bonchev–Trinajstić information content (AvgIpc) is 3.03. The minimum atomic E-state index is -0.758. The van der Waals surface area contributed by atoms with Crippen LogP contribution < -0.4 is 0 Å². The number of carbonyl (C=O) groups excluding carboxylic acids is 3. The topological polar surface area (TPSA) is 78.9 Å². The van der Waals surface area contributed by atoms with E-state index in [0.717, 1.165) is 76.0 Å². The molecule has 0 N–H and O–H groups in total. The predicted octanol–water partition coefficient (Wildman–Crippen LogP) is 11.8. The Balaban J connectivity index is 4.28. The predicted molar refractivity (Wildman–Crippen MR) is 192 cm³/mol. The van der Waals surface area contributed by atoms with Gasteiger partial charge in [0.2, 0.25) is 0 Å². The molecule has 0 fully saturated rings. The van der Waals surface area contributed by atoms with Gasteiger partial charge in [-0.05, 0) is 31.1 Å². The van der Waals surface area contributed by atoms with Crippen LogP contribution in [-0.4, -0.2) is 37.2 Å². The van der Waals surface area contributed by atoms with Crippen molar-refractivity contribution >= 4 is 17.9 Å². The van der Waals surface area contributed by atoms with Gasteiger partial charge in [-0.25, -0.2) is 0 Å². The van der Waals surface area contributed by atoms with Gasteiger partial charge >= 0.3 is 17.9 Å². The SMILES string of the molecule is CCCCCCCC(=O)OC[C@H](COC(=O)CCCCCCCCC(C)CC)OC(=O)CCCCCCCCCCCCC(C)C. The first kappa shape index (κ1) is 44.4. The van der Waals surface area contributed by atoms with E-state index < -0.39 is 6.10 Å². The third kappa shape index (κ3) is 32.4.